The van der Waals surface area contributed by atoms with E-state index < -0.39 is 0 Å². The molecule has 4 heteroatoms. The number of allylic oxidation sites excluding steroid dienone is 1. The molecule has 3 aliphatic rings. The first kappa shape index (κ1) is 10.9. The van der Waals surface area contributed by atoms with Gasteiger partial charge >= 0.3 is 5.97 Å². The molecule has 17 heavy (non-hydrogen) atoms. The molecule has 3 nitrogen and oxygen atoms in total. The van der Waals surface area contributed by atoms with E-state index in [-0.39, 0.29) is 11.6 Å². The lowest BCUT2D eigenvalue weighted by molar-refractivity contribution is -0.153. The van der Waals surface area contributed by atoms with E-state index in [4.69, 9.17) is 9.16 Å². The maximum atomic E-state index is 11.6. The summed E-state index contributed by atoms with van der Waals surface area (Å²) in [6, 6.07) is 0. The summed E-state index contributed by atoms with van der Waals surface area (Å²) in [5.74, 6) is 1.11. The third-order valence-corrected chi connectivity index (χ3v) is 4.67. The van der Waals surface area contributed by atoms with Crippen molar-refractivity contribution < 1.29 is 14.0 Å². The van der Waals surface area contributed by atoms with Gasteiger partial charge in [-0.1, -0.05) is 12.3 Å². The number of hydrogen-bond acceptors (Lipinski definition) is 3. The zero-order chi connectivity index (χ0) is 12.0. The normalized spacial score (nSPS) is 35.6. The second-order valence-corrected chi connectivity index (χ2v) is 5.60. The number of carbonyl (C=O) groups is 1. The Labute approximate surface area is 104 Å². The van der Waals surface area contributed by atoms with Crippen LogP contribution in [0.25, 0.3) is 0 Å². The molecule has 1 heterocycles. The molecule has 0 amide bonds. The molecule has 2 fully saturated rings. The van der Waals surface area contributed by atoms with Gasteiger partial charge in [0.25, 0.3) is 0 Å². The quantitative estimate of drug-likeness (QED) is 0.302. The fourth-order valence-electron chi connectivity index (χ4n) is 3.22. The molecule has 2 atom stereocenters. The zero-order valence-corrected chi connectivity index (χ0v) is 12.0. The maximum Gasteiger partial charge on any atom is 0.334 e. The first-order chi connectivity index (χ1) is 8.13. The summed E-state index contributed by atoms with van der Waals surface area (Å²) in [4.78, 5) is 11.6. The predicted molar refractivity (Wildman–Crippen MR) is 66.1 cm³/mol. The first-order valence-corrected chi connectivity index (χ1v) is 6.87. The van der Waals surface area contributed by atoms with Crippen LogP contribution in [0.15, 0.2) is 29.2 Å². The second kappa shape index (κ2) is 3.62. The number of carbonyl (C=O) groups excluding carboxylic acids is 1. The van der Waals surface area contributed by atoms with E-state index in [2.05, 4.69) is 12.3 Å². The Morgan fingerprint density at radius 1 is 1.53 bits per heavy atom. The van der Waals surface area contributed by atoms with Crippen LogP contribution in [-0.2, 0) is 14.0 Å². The highest BCUT2D eigenvalue weighted by Crippen LogP contribution is 2.50. The molecular formula is C13H16O3Si. The number of fused-ring (bicyclic) bond motifs is 3. The van der Waals surface area contributed by atoms with Crippen molar-refractivity contribution in [3.8, 4) is 0 Å². The number of rotatable bonds is 1. The topological polar surface area (TPSA) is 35.5 Å². The van der Waals surface area contributed by atoms with Gasteiger partial charge in [-0.2, -0.15) is 0 Å². The van der Waals surface area contributed by atoms with Crippen LogP contribution in [0.1, 0.15) is 32.1 Å². The minimum Gasteiger partial charge on any atom is -0.551 e. The Morgan fingerprint density at radius 3 is 3.00 bits per heavy atom. The minimum atomic E-state index is -0.300. The van der Waals surface area contributed by atoms with Crippen LogP contribution in [-0.4, -0.2) is 22.1 Å². The van der Waals surface area contributed by atoms with Gasteiger partial charge in [0.05, 0.1) is 0 Å². The zero-order valence-electron chi connectivity index (χ0n) is 10.0. The van der Waals surface area contributed by atoms with Crippen molar-refractivity contribution in [3.63, 3.8) is 0 Å². The highest BCUT2D eigenvalue weighted by atomic mass is 28.2. The Balaban J connectivity index is 1.92. The van der Waals surface area contributed by atoms with Gasteiger partial charge in [0.1, 0.15) is 11.4 Å². The Kier molecular flexibility index (Phi) is 2.32. The van der Waals surface area contributed by atoms with Gasteiger partial charge in [0.2, 0.25) is 10.5 Å². The highest BCUT2D eigenvalue weighted by Gasteiger charge is 2.51. The lowest BCUT2D eigenvalue weighted by Gasteiger charge is -2.41. The van der Waals surface area contributed by atoms with E-state index in [0.717, 1.165) is 31.4 Å². The highest BCUT2D eigenvalue weighted by molar-refractivity contribution is 5.98. The van der Waals surface area contributed by atoms with Crippen molar-refractivity contribution >= 4 is 16.5 Å². The smallest absolute Gasteiger partial charge is 0.334 e. The molecule has 2 bridgehead atoms. The molecule has 0 aromatic carbocycles. The minimum absolute atomic E-state index is 0.208. The standard InChI is InChI=1S/C13H16O3Si/c1-8-7-13(15-12(8)14)3-2-9-4-10(13)6-11(5-9)16-17/h10H,1-4,6-7H2,17H3. The van der Waals surface area contributed by atoms with Gasteiger partial charge in [-0.15, -0.1) is 0 Å². The third-order valence-electron chi connectivity index (χ3n) is 4.18. The molecule has 0 radical (unpaired) electrons. The van der Waals surface area contributed by atoms with Gasteiger partial charge in [0.15, 0.2) is 0 Å². The SMILES string of the molecule is C=C1CC2(CCC3=C=C(O[SiH3])CC2C3)OC1=O. The first-order valence-electron chi connectivity index (χ1n) is 6.05. The van der Waals surface area contributed by atoms with E-state index in [1.165, 1.54) is 5.57 Å². The monoisotopic (exact) mass is 248 g/mol. The van der Waals surface area contributed by atoms with E-state index in [1.807, 2.05) is 0 Å². The summed E-state index contributed by atoms with van der Waals surface area (Å²) in [6.07, 6.45) is 4.42. The van der Waals surface area contributed by atoms with Crippen LogP contribution < -0.4 is 0 Å². The van der Waals surface area contributed by atoms with Gasteiger partial charge in [0, 0.05) is 24.3 Å². The molecule has 1 spiro atoms. The lowest BCUT2D eigenvalue weighted by Crippen LogP contribution is -2.42. The van der Waals surface area contributed by atoms with E-state index in [9.17, 15) is 4.79 Å². The summed E-state index contributed by atoms with van der Waals surface area (Å²) in [6.45, 7) is 3.80. The molecule has 1 saturated carbocycles. The van der Waals surface area contributed by atoms with Gasteiger partial charge in [-0.25, -0.2) is 4.79 Å². The third kappa shape index (κ3) is 1.60. The van der Waals surface area contributed by atoms with Crippen molar-refractivity contribution in [3.05, 3.63) is 29.2 Å². The second-order valence-electron chi connectivity index (χ2n) is 5.20. The van der Waals surface area contributed by atoms with Crippen molar-refractivity contribution in [2.24, 2.45) is 5.92 Å². The molecule has 2 unspecified atom stereocenters. The fourth-order valence-corrected chi connectivity index (χ4v) is 3.49. The van der Waals surface area contributed by atoms with Gasteiger partial charge < -0.3 is 9.16 Å². The fraction of sp³-hybridized carbons (Fsp3) is 0.538. The summed E-state index contributed by atoms with van der Waals surface area (Å²) in [7, 11) is 0.695. The Bertz CT molecular complexity index is 453. The molecule has 3 rings (SSSR count). The largest absolute Gasteiger partial charge is 0.551 e. The summed E-state index contributed by atoms with van der Waals surface area (Å²) in [5, 5.41) is 0. The number of hydrogen-bond donors (Lipinski definition) is 0. The molecule has 0 aromatic rings. The van der Waals surface area contributed by atoms with Gasteiger partial charge in [-0.3, -0.25) is 0 Å². The average molecular weight is 248 g/mol. The molecule has 1 saturated heterocycles. The van der Waals surface area contributed by atoms with E-state index >= 15 is 0 Å². The van der Waals surface area contributed by atoms with Crippen molar-refractivity contribution in [2.75, 3.05) is 0 Å². The van der Waals surface area contributed by atoms with Crippen molar-refractivity contribution in [1.82, 2.24) is 0 Å². The Hall–Kier alpha value is -1.25. The molecule has 0 N–H and O–H groups in total. The molecule has 1 aliphatic heterocycles. The van der Waals surface area contributed by atoms with Gasteiger partial charge in [-0.05, 0) is 24.8 Å². The molecule has 90 valence electrons. The summed E-state index contributed by atoms with van der Waals surface area (Å²) in [5.41, 5.74) is 5.00. The molecule has 2 aliphatic carbocycles. The summed E-state index contributed by atoms with van der Waals surface area (Å²) >= 11 is 0. The van der Waals surface area contributed by atoms with Crippen LogP contribution in [0.2, 0.25) is 0 Å². The molecular weight excluding hydrogens is 232 g/mol. The predicted octanol–water partition coefficient (Wildman–Crippen LogP) is 1.14. The maximum absolute atomic E-state index is 11.6. The number of esters is 1. The number of ether oxygens (including phenoxy) is 1. The summed E-state index contributed by atoms with van der Waals surface area (Å²) < 4.78 is 11.1. The average Bonchev–Trinajstić information content (AvgIpc) is 2.62. The van der Waals surface area contributed by atoms with E-state index in [1.54, 1.807) is 0 Å². The van der Waals surface area contributed by atoms with Crippen LogP contribution in [0.3, 0.4) is 0 Å². The van der Waals surface area contributed by atoms with Crippen molar-refractivity contribution in [1.29, 1.82) is 0 Å². The van der Waals surface area contributed by atoms with Crippen molar-refractivity contribution in [2.45, 2.75) is 37.7 Å². The lowest BCUT2D eigenvalue weighted by atomic mass is 9.68. The van der Waals surface area contributed by atoms with E-state index in [0.29, 0.717) is 28.4 Å². The van der Waals surface area contributed by atoms with Crippen LogP contribution in [0, 0.1) is 5.92 Å². The molecule has 0 aromatic heterocycles. The Morgan fingerprint density at radius 2 is 2.35 bits per heavy atom. The van der Waals surface area contributed by atoms with Crippen LogP contribution in [0.5, 0.6) is 0 Å². The van der Waals surface area contributed by atoms with Crippen LogP contribution >= 0.6 is 0 Å². The van der Waals surface area contributed by atoms with Crippen LogP contribution in [0.4, 0.5) is 0 Å².